The molecule has 7 nitrogen and oxygen atoms in total. The van der Waals surface area contributed by atoms with Crippen LogP contribution < -0.4 is 0 Å². The Bertz CT molecular complexity index is 718. The maximum atomic E-state index is 12.6. The van der Waals surface area contributed by atoms with Gasteiger partial charge in [-0.15, -0.1) is 11.3 Å². The van der Waals surface area contributed by atoms with Gasteiger partial charge in [0.2, 0.25) is 0 Å². The fourth-order valence-electron chi connectivity index (χ4n) is 3.07. The van der Waals surface area contributed by atoms with Crippen LogP contribution in [-0.4, -0.2) is 49.5 Å². The Hall–Kier alpha value is -2.22. The summed E-state index contributed by atoms with van der Waals surface area (Å²) in [5.74, 6) is -0.996. The summed E-state index contributed by atoms with van der Waals surface area (Å²) in [5, 5.41) is 12.5. The lowest BCUT2D eigenvalue weighted by atomic mass is 9.87. The van der Waals surface area contributed by atoms with E-state index in [-0.39, 0.29) is 5.91 Å². The number of carbonyl (C=O) groups excluding carboxylic acids is 1. The molecule has 0 radical (unpaired) electrons. The number of rotatable bonds is 5. The van der Waals surface area contributed by atoms with E-state index in [0.29, 0.717) is 31.6 Å². The number of aromatic nitrogens is 3. The topological polar surface area (TPSA) is 88.3 Å². The highest BCUT2D eigenvalue weighted by Gasteiger charge is 2.44. The molecule has 3 heterocycles. The Morgan fingerprint density at radius 2 is 2.12 bits per heavy atom. The molecule has 0 spiro atoms. The van der Waals surface area contributed by atoms with E-state index in [1.165, 1.54) is 17.7 Å². The number of amides is 1. The molecular weight excluding hydrogens is 328 g/mol. The Kier molecular flexibility index (Phi) is 4.66. The van der Waals surface area contributed by atoms with Crippen molar-refractivity contribution in [3.8, 4) is 0 Å². The van der Waals surface area contributed by atoms with Crippen LogP contribution in [0.1, 0.15) is 41.7 Å². The first-order chi connectivity index (χ1) is 11.6. The van der Waals surface area contributed by atoms with E-state index in [0.717, 1.165) is 17.8 Å². The zero-order valence-corrected chi connectivity index (χ0v) is 14.3. The molecule has 2 aromatic rings. The lowest BCUT2D eigenvalue weighted by molar-refractivity contribution is -0.150. The second-order valence-electron chi connectivity index (χ2n) is 5.98. The summed E-state index contributed by atoms with van der Waals surface area (Å²) >= 11 is 1.50. The fraction of sp³-hybridized carbons (Fsp3) is 0.500. The minimum atomic E-state index is -1.03. The van der Waals surface area contributed by atoms with Crippen molar-refractivity contribution in [2.24, 2.45) is 0 Å². The van der Waals surface area contributed by atoms with Crippen molar-refractivity contribution in [3.05, 3.63) is 34.8 Å². The number of hydrogen-bond donors (Lipinski definition) is 1. The van der Waals surface area contributed by atoms with Crippen LogP contribution in [0, 0.1) is 0 Å². The third kappa shape index (κ3) is 2.93. The molecule has 24 heavy (non-hydrogen) atoms. The van der Waals surface area contributed by atoms with Crippen LogP contribution >= 0.6 is 11.3 Å². The quantitative estimate of drug-likeness (QED) is 0.893. The molecule has 128 valence electrons. The number of aliphatic carboxylic acids is 1. The zero-order chi connectivity index (χ0) is 17.2. The van der Waals surface area contributed by atoms with Crippen LogP contribution in [0.15, 0.2) is 24.1 Å². The van der Waals surface area contributed by atoms with Gasteiger partial charge < -0.3 is 14.6 Å². The molecule has 0 saturated carbocycles. The van der Waals surface area contributed by atoms with Crippen LogP contribution in [0.5, 0.6) is 0 Å². The van der Waals surface area contributed by atoms with E-state index in [2.05, 4.69) is 16.9 Å². The summed E-state index contributed by atoms with van der Waals surface area (Å²) in [6, 6.07) is 0. The Balaban J connectivity index is 1.71. The molecule has 1 aliphatic heterocycles. The minimum Gasteiger partial charge on any atom is -0.479 e. The van der Waals surface area contributed by atoms with Gasteiger partial charge in [-0.2, -0.15) is 0 Å². The maximum Gasteiger partial charge on any atom is 0.330 e. The van der Waals surface area contributed by atoms with E-state index in [4.69, 9.17) is 0 Å². The number of hydrogen-bond acceptors (Lipinski definition) is 5. The van der Waals surface area contributed by atoms with Gasteiger partial charge in [-0.3, -0.25) is 4.79 Å². The third-order valence-electron chi connectivity index (χ3n) is 4.51. The predicted octanol–water partition coefficient (Wildman–Crippen LogP) is 2.01. The molecule has 8 heteroatoms. The predicted molar refractivity (Wildman–Crippen MR) is 89.1 cm³/mol. The molecule has 0 bridgehead atoms. The normalized spacial score (nSPS) is 17.0. The fourth-order valence-corrected chi connectivity index (χ4v) is 3.95. The van der Waals surface area contributed by atoms with Crippen molar-refractivity contribution in [2.75, 3.05) is 13.1 Å². The summed E-state index contributed by atoms with van der Waals surface area (Å²) in [4.78, 5) is 34.5. The summed E-state index contributed by atoms with van der Waals surface area (Å²) in [5.41, 5.74) is -0.558. The van der Waals surface area contributed by atoms with Gasteiger partial charge >= 0.3 is 5.97 Å². The third-order valence-corrected chi connectivity index (χ3v) is 5.42. The van der Waals surface area contributed by atoms with Crippen molar-refractivity contribution < 1.29 is 14.7 Å². The molecule has 2 aromatic heterocycles. The second kappa shape index (κ2) is 6.72. The first kappa shape index (κ1) is 16.6. The standard InChI is InChI=1S/C16H20N4O3S/c1-2-3-13-18-12(10-24-13)14(21)19-7-4-16(5-8-19,15(22)23)20-9-6-17-11-20/h6,9-11H,2-5,7-8H2,1H3,(H,22,23). The first-order valence-corrected chi connectivity index (χ1v) is 8.90. The first-order valence-electron chi connectivity index (χ1n) is 8.02. The van der Waals surface area contributed by atoms with Gasteiger partial charge in [0.1, 0.15) is 11.2 Å². The lowest BCUT2D eigenvalue weighted by Gasteiger charge is -2.39. The lowest BCUT2D eigenvalue weighted by Crippen LogP contribution is -2.52. The number of carbonyl (C=O) groups is 2. The van der Waals surface area contributed by atoms with E-state index in [1.54, 1.807) is 27.2 Å². The molecule has 1 aliphatic rings. The highest BCUT2D eigenvalue weighted by molar-refractivity contribution is 7.09. The molecule has 0 aromatic carbocycles. The summed E-state index contributed by atoms with van der Waals surface area (Å²) in [6.07, 6.45) is 7.36. The number of piperidine rings is 1. The van der Waals surface area contributed by atoms with Crippen LogP contribution in [0.3, 0.4) is 0 Å². The number of thiazole rings is 1. The number of likely N-dealkylation sites (tertiary alicyclic amines) is 1. The van der Waals surface area contributed by atoms with Gasteiger partial charge in [0, 0.05) is 30.9 Å². The van der Waals surface area contributed by atoms with Crippen LogP contribution in [0.25, 0.3) is 0 Å². The largest absolute Gasteiger partial charge is 0.479 e. The molecule has 1 saturated heterocycles. The van der Waals surface area contributed by atoms with Crippen LogP contribution in [0.2, 0.25) is 0 Å². The van der Waals surface area contributed by atoms with Crippen molar-refractivity contribution in [1.82, 2.24) is 19.4 Å². The minimum absolute atomic E-state index is 0.113. The zero-order valence-electron chi connectivity index (χ0n) is 13.5. The Morgan fingerprint density at radius 3 is 2.71 bits per heavy atom. The van der Waals surface area contributed by atoms with Crippen molar-refractivity contribution >= 4 is 23.2 Å². The average Bonchev–Trinajstić information content (AvgIpc) is 3.26. The summed E-state index contributed by atoms with van der Waals surface area (Å²) in [7, 11) is 0. The van der Waals surface area contributed by atoms with Gasteiger partial charge in [0.15, 0.2) is 0 Å². The number of carboxylic acids is 1. The van der Waals surface area contributed by atoms with Gasteiger partial charge in [0.05, 0.1) is 11.3 Å². The molecule has 1 N–H and O–H groups in total. The number of nitrogens with zero attached hydrogens (tertiary/aromatic N) is 4. The van der Waals surface area contributed by atoms with Crippen LogP contribution in [-0.2, 0) is 16.8 Å². The van der Waals surface area contributed by atoms with Crippen molar-refractivity contribution in [2.45, 2.75) is 38.1 Å². The SMILES string of the molecule is CCCc1nc(C(=O)N2CCC(C(=O)O)(n3ccnc3)CC2)cs1. The average molecular weight is 348 g/mol. The molecule has 1 amide bonds. The van der Waals surface area contributed by atoms with Gasteiger partial charge in [0.25, 0.3) is 5.91 Å². The van der Waals surface area contributed by atoms with E-state index in [1.807, 2.05) is 0 Å². The second-order valence-corrected chi connectivity index (χ2v) is 6.92. The number of imidazole rings is 1. The smallest absolute Gasteiger partial charge is 0.330 e. The molecule has 0 unspecified atom stereocenters. The number of aryl methyl sites for hydroxylation is 1. The van der Waals surface area contributed by atoms with E-state index >= 15 is 0 Å². The van der Waals surface area contributed by atoms with E-state index < -0.39 is 11.5 Å². The summed E-state index contributed by atoms with van der Waals surface area (Å²) < 4.78 is 1.64. The van der Waals surface area contributed by atoms with Gasteiger partial charge in [-0.05, 0) is 25.7 Å². The van der Waals surface area contributed by atoms with Gasteiger partial charge in [-0.25, -0.2) is 14.8 Å². The Morgan fingerprint density at radius 1 is 1.38 bits per heavy atom. The summed E-state index contributed by atoms with van der Waals surface area (Å²) in [6.45, 7) is 2.86. The maximum absolute atomic E-state index is 12.6. The highest BCUT2D eigenvalue weighted by atomic mass is 32.1. The highest BCUT2D eigenvalue weighted by Crippen LogP contribution is 2.31. The Labute approximate surface area is 144 Å². The molecule has 0 aliphatic carbocycles. The number of carboxylic acid groups (broad SMARTS) is 1. The monoisotopic (exact) mass is 348 g/mol. The molecular formula is C16H20N4O3S. The van der Waals surface area contributed by atoms with Crippen molar-refractivity contribution in [1.29, 1.82) is 0 Å². The van der Waals surface area contributed by atoms with E-state index in [9.17, 15) is 14.7 Å². The van der Waals surface area contributed by atoms with Gasteiger partial charge in [-0.1, -0.05) is 6.92 Å². The molecule has 3 rings (SSSR count). The molecule has 1 fully saturated rings. The van der Waals surface area contributed by atoms with Crippen LogP contribution in [0.4, 0.5) is 0 Å². The molecule has 0 atom stereocenters. The van der Waals surface area contributed by atoms with Crippen molar-refractivity contribution in [3.63, 3.8) is 0 Å².